The lowest BCUT2D eigenvalue weighted by atomic mass is 10.1. The first-order valence-electron chi connectivity index (χ1n) is 7.63. The van der Waals surface area contributed by atoms with Gasteiger partial charge in [0.25, 0.3) is 0 Å². The number of H-pyrrole nitrogens is 1. The molecule has 1 aliphatic rings. The zero-order valence-electron chi connectivity index (χ0n) is 13.3. The van der Waals surface area contributed by atoms with Gasteiger partial charge in [0.05, 0.1) is 12.7 Å². The minimum atomic E-state index is 0.154. The van der Waals surface area contributed by atoms with Crippen LogP contribution in [-0.2, 0) is 17.8 Å². The van der Waals surface area contributed by atoms with Crippen molar-refractivity contribution in [2.75, 3.05) is 18.5 Å². The maximum atomic E-state index is 12.7. The molecule has 1 N–H and O–H groups in total. The number of anilines is 1. The summed E-state index contributed by atoms with van der Waals surface area (Å²) in [6.45, 7) is 5.23. The predicted octanol–water partition coefficient (Wildman–Crippen LogP) is 2.13. The van der Waals surface area contributed by atoms with E-state index in [1.165, 1.54) is 5.56 Å². The number of amides is 1. The molecule has 1 aromatic carbocycles. The van der Waals surface area contributed by atoms with Crippen LogP contribution in [0.5, 0.6) is 0 Å². The summed E-state index contributed by atoms with van der Waals surface area (Å²) >= 11 is 0. The SMILES string of the molecule is Cc1[nH]ncc1CN(C)CC(=O)N1c2ccccc2C[C@@H]1C. The number of carbonyl (C=O) groups excluding carboxylic acids is 1. The van der Waals surface area contributed by atoms with Crippen molar-refractivity contribution in [2.45, 2.75) is 32.9 Å². The van der Waals surface area contributed by atoms with E-state index in [4.69, 9.17) is 0 Å². The summed E-state index contributed by atoms with van der Waals surface area (Å²) < 4.78 is 0. The molecule has 2 heterocycles. The number of nitrogens with zero attached hydrogens (tertiary/aromatic N) is 3. The fourth-order valence-corrected chi connectivity index (χ4v) is 3.13. The zero-order valence-corrected chi connectivity index (χ0v) is 13.3. The number of likely N-dealkylation sites (N-methyl/N-ethyl adjacent to an activating group) is 1. The van der Waals surface area contributed by atoms with Gasteiger partial charge >= 0.3 is 0 Å². The Labute approximate surface area is 130 Å². The van der Waals surface area contributed by atoms with Crippen molar-refractivity contribution < 1.29 is 4.79 Å². The van der Waals surface area contributed by atoms with Crippen LogP contribution in [-0.4, -0.2) is 40.6 Å². The van der Waals surface area contributed by atoms with Crippen LogP contribution < -0.4 is 4.90 Å². The van der Waals surface area contributed by atoms with Gasteiger partial charge in [0, 0.05) is 29.5 Å². The highest BCUT2D eigenvalue weighted by Gasteiger charge is 2.30. The van der Waals surface area contributed by atoms with Crippen molar-refractivity contribution in [3.8, 4) is 0 Å². The number of aryl methyl sites for hydroxylation is 1. The molecule has 0 fully saturated rings. The first-order chi connectivity index (χ1) is 10.6. The molecule has 0 spiro atoms. The number of aromatic amines is 1. The molecule has 3 rings (SSSR count). The Kier molecular flexibility index (Phi) is 3.98. The Balaban J connectivity index is 1.68. The molecule has 0 saturated heterocycles. The van der Waals surface area contributed by atoms with Crippen LogP contribution in [0.25, 0.3) is 0 Å². The van der Waals surface area contributed by atoms with E-state index in [0.717, 1.165) is 29.9 Å². The van der Waals surface area contributed by atoms with Crippen LogP contribution >= 0.6 is 0 Å². The quantitative estimate of drug-likeness (QED) is 0.941. The summed E-state index contributed by atoms with van der Waals surface area (Å²) in [6.07, 6.45) is 2.76. The number of carbonyl (C=O) groups is 1. The highest BCUT2D eigenvalue weighted by atomic mass is 16.2. The Morgan fingerprint density at radius 1 is 1.45 bits per heavy atom. The van der Waals surface area contributed by atoms with E-state index in [-0.39, 0.29) is 11.9 Å². The van der Waals surface area contributed by atoms with Gasteiger partial charge in [-0.1, -0.05) is 18.2 Å². The Hall–Kier alpha value is -2.14. The third kappa shape index (κ3) is 2.76. The molecule has 0 saturated carbocycles. The molecule has 1 aromatic heterocycles. The van der Waals surface area contributed by atoms with Crippen LogP contribution in [0.3, 0.4) is 0 Å². The lowest BCUT2D eigenvalue weighted by Gasteiger charge is -2.25. The van der Waals surface area contributed by atoms with E-state index in [1.807, 2.05) is 48.2 Å². The molecule has 22 heavy (non-hydrogen) atoms. The molecule has 5 heteroatoms. The summed E-state index contributed by atoms with van der Waals surface area (Å²) in [7, 11) is 1.97. The molecular formula is C17H22N4O. The topological polar surface area (TPSA) is 52.2 Å². The first-order valence-corrected chi connectivity index (χ1v) is 7.63. The average Bonchev–Trinajstić information content (AvgIpc) is 3.01. The second-order valence-electron chi connectivity index (χ2n) is 6.14. The van der Waals surface area contributed by atoms with Gasteiger partial charge < -0.3 is 4.90 Å². The fraction of sp³-hybridized carbons (Fsp3) is 0.412. The molecule has 1 atom stereocenters. The summed E-state index contributed by atoms with van der Waals surface area (Å²) in [5.41, 5.74) is 4.51. The van der Waals surface area contributed by atoms with Gasteiger partial charge in [0.1, 0.15) is 0 Å². The van der Waals surface area contributed by atoms with E-state index in [9.17, 15) is 4.79 Å². The van der Waals surface area contributed by atoms with E-state index in [1.54, 1.807) is 0 Å². The molecule has 0 aliphatic carbocycles. The largest absolute Gasteiger partial charge is 0.308 e. The van der Waals surface area contributed by atoms with Gasteiger partial charge in [0.15, 0.2) is 0 Å². The maximum absolute atomic E-state index is 12.7. The second kappa shape index (κ2) is 5.93. The van der Waals surface area contributed by atoms with Crippen molar-refractivity contribution in [3.05, 3.63) is 47.3 Å². The maximum Gasteiger partial charge on any atom is 0.241 e. The molecule has 1 amide bonds. The number of hydrogen-bond acceptors (Lipinski definition) is 3. The number of benzene rings is 1. The number of hydrogen-bond donors (Lipinski definition) is 1. The first kappa shape index (κ1) is 14.8. The molecule has 0 unspecified atom stereocenters. The number of nitrogens with one attached hydrogen (secondary N) is 1. The van der Waals surface area contributed by atoms with E-state index < -0.39 is 0 Å². The van der Waals surface area contributed by atoms with Crippen molar-refractivity contribution in [1.82, 2.24) is 15.1 Å². The zero-order chi connectivity index (χ0) is 15.7. The smallest absolute Gasteiger partial charge is 0.241 e. The minimum absolute atomic E-state index is 0.154. The van der Waals surface area contributed by atoms with Gasteiger partial charge in [0.2, 0.25) is 5.91 Å². The fourth-order valence-electron chi connectivity index (χ4n) is 3.13. The van der Waals surface area contributed by atoms with Gasteiger partial charge in [-0.3, -0.25) is 14.8 Å². The van der Waals surface area contributed by atoms with Gasteiger partial charge in [-0.25, -0.2) is 0 Å². The molecule has 0 bridgehead atoms. The van der Waals surface area contributed by atoms with Crippen molar-refractivity contribution in [2.24, 2.45) is 0 Å². The molecule has 1 aliphatic heterocycles. The Morgan fingerprint density at radius 2 is 2.23 bits per heavy atom. The highest BCUT2D eigenvalue weighted by Crippen LogP contribution is 2.31. The summed E-state index contributed by atoms with van der Waals surface area (Å²) in [5.74, 6) is 0.154. The third-order valence-corrected chi connectivity index (χ3v) is 4.26. The molecular weight excluding hydrogens is 276 g/mol. The van der Waals surface area contributed by atoms with Crippen LogP contribution in [0.1, 0.15) is 23.7 Å². The number of rotatable bonds is 4. The lowest BCUT2D eigenvalue weighted by Crippen LogP contribution is -2.42. The van der Waals surface area contributed by atoms with Crippen molar-refractivity contribution in [1.29, 1.82) is 0 Å². The number of fused-ring (bicyclic) bond motifs is 1. The summed E-state index contributed by atoms with van der Waals surface area (Å²) in [6, 6.07) is 8.41. The lowest BCUT2D eigenvalue weighted by molar-refractivity contribution is -0.119. The minimum Gasteiger partial charge on any atom is -0.308 e. The van der Waals surface area contributed by atoms with E-state index in [0.29, 0.717) is 6.54 Å². The van der Waals surface area contributed by atoms with Crippen LogP contribution in [0.2, 0.25) is 0 Å². The van der Waals surface area contributed by atoms with E-state index >= 15 is 0 Å². The van der Waals surface area contributed by atoms with Gasteiger partial charge in [-0.15, -0.1) is 0 Å². The monoisotopic (exact) mass is 298 g/mol. The second-order valence-corrected chi connectivity index (χ2v) is 6.14. The Bertz CT molecular complexity index is 679. The summed E-state index contributed by atoms with van der Waals surface area (Å²) in [4.78, 5) is 16.7. The Morgan fingerprint density at radius 3 is 2.95 bits per heavy atom. The average molecular weight is 298 g/mol. The number of para-hydroxylation sites is 1. The van der Waals surface area contributed by atoms with Gasteiger partial charge in [-0.2, -0.15) is 5.10 Å². The van der Waals surface area contributed by atoms with Crippen molar-refractivity contribution in [3.63, 3.8) is 0 Å². The van der Waals surface area contributed by atoms with Crippen LogP contribution in [0.15, 0.2) is 30.5 Å². The number of aromatic nitrogens is 2. The predicted molar refractivity (Wildman–Crippen MR) is 86.8 cm³/mol. The molecule has 116 valence electrons. The van der Waals surface area contributed by atoms with Crippen LogP contribution in [0.4, 0.5) is 5.69 Å². The third-order valence-electron chi connectivity index (χ3n) is 4.26. The highest BCUT2D eigenvalue weighted by molar-refractivity contribution is 5.97. The van der Waals surface area contributed by atoms with Gasteiger partial charge in [-0.05, 0) is 38.9 Å². The van der Waals surface area contributed by atoms with E-state index in [2.05, 4.69) is 23.2 Å². The summed E-state index contributed by atoms with van der Waals surface area (Å²) in [5, 5.41) is 6.96. The molecule has 5 nitrogen and oxygen atoms in total. The van der Waals surface area contributed by atoms with Crippen molar-refractivity contribution >= 4 is 11.6 Å². The molecule has 0 radical (unpaired) electrons. The standard InChI is InChI=1S/C17H22N4O/c1-12-8-14-6-4-5-7-16(14)21(12)17(22)11-20(3)10-15-9-18-19-13(15)2/h4-7,9,12H,8,10-11H2,1-3H3,(H,18,19)/t12-/m0/s1. The normalized spacial score (nSPS) is 17.1. The van der Waals surface area contributed by atoms with Crippen LogP contribution in [0, 0.1) is 6.92 Å². The molecule has 2 aromatic rings.